The molecule has 0 bridgehead atoms. The number of hydrogen-bond donors (Lipinski definition) is 1. The van der Waals surface area contributed by atoms with Crippen LogP contribution < -0.4 is 13.1 Å². The molecule has 0 aromatic rings. The van der Waals surface area contributed by atoms with Crippen molar-refractivity contribution in [2.75, 3.05) is 0 Å². The second-order valence-corrected chi connectivity index (χ2v) is 2.74. The minimum atomic E-state index is -6.02. The standard InChI is InChI=1S/Mo.H3N.H2O4Te/c;;1-5(2,3)4/h;1H3;(H2,1,2,3,4)/q+1;;/p-1. The van der Waals surface area contributed by atoms with Crippen LogP contribution in [0.15, 0.2) is 0 Å². The maximum absolute atomic E-state index is 8.63. The molecule has 7 heteroatoms. The zero-order valence-electron chi connectivity index (χ0n) is 3.45. The van der Waals surface area contributed by atoms with Gasteiger partial charge in [-0.3, -0.25) is 0 Å². The van der Waals surface area contributed by atoms with Crippen LogP contribution in [0, 0.1) is 0 Å². The Kier molecular flexibility index (Phi) is 11.4. The Morgan fingerprint density at radius 1 is 1.14 bits per heavy atom. The van der Waals surface area contributed by atoms with Gasteiger partial charge in [-0.05, 0) is 0 Å². The Balaban J connectivity index is -0.0000000800. The topological polar surface area (TPSA) is 117 Å². The monoisotopic (exact) mass is 310 g/mol. The van der Waals surface area contributed by atoms with E-state index in [0.717, 1.165) is 0 Å². The molecular formula is H4MoNO4Te. The van der Waals surface area contributed by atoms with Gasteiger partial charge in [0.05, 0.1) is 0 Å². The summed E-state index contributed by atoms with van der Waals surface area (Å²) in [6, 6.07) is 0. The van der Waals surface area contributed by atoms with Gasteiger partial charge in [-0.15, -0.1) is 0 Å². The summed E-state index contributed by atoms with van der Waals surface area (Å²) in [5.74, 6) is 0. The van der Waals surface area contributed by atoms with Gasteiger partial charge in [-0.2, -0.15) is 0 Å². The van der Waals surface area contributed by atoms with Crippen LogP contribution in [0.25, 0.3) is 0 Å². The molecule has 0 unspecified atom stereocenters. The fourth-order valence-electron chi connectivity index (χ4n) is 0. The third-order valence-corrected chi connectivity index (χ3v) is 0. The molecule has 0 spiro atoms. The van der Waals surface area contributed by atoms with E-state index in [1.54, 1.807) is 0 Å². The van der Waals surface area contributed by atoms with Crippen LogP contribution in [0.4, 0.5) is 0 Å². The second kappa shape index (κ2) is 5.10. The van der Waals surface area contributed by atoms with Crippen molar-refractivity contribution in [3.8, 4) is 0 Å². The van der Waals surface area contributed by atoms with Crippen LogP contribution in [-0.2, 0) is 27.3 Å². The second-order valence-electron chi connectivity index (χ2n) is 0.408. The van der Waals surface area contributed by atoms with Crippen LogP contribution >= 0.6 is 0 Å². The fourth-order valence-corrected chi connectivity index (χ4v) is 0. The molecule has 0 amide bonds. The summed E-state index contributed by atoms with van der Waals surface area (Å²) in [4.78, 5) is 0. The summed E-state index contributed by atoms with van der Waals surface area (Å²) in [5.41, 5.74) is 0. The Morgan fingerprint density at radius 3 is 1.14 bits per heavy atom. The average Bonchev–Trinajstić information content (AvgIpc) is 0.722. The van der Waals surface area contributed by atoms with Gasteiger partial charge < -0.3 is 6.15 Å². The number of rotatable bonds is 0. The summed E-state index contributed by atoms with van der Waals surface area (Å²) in [7, 11) is 0. The first kappa shape index (κ1) is 15.7. The molecule has 0 aromatic carbocycles. The minimum absolute atomic E-state index is 0. The van der Waals surface area contributed by atoms with Crippen molar-refractivity contribution in [1.82, 2.24) is 6.15 Å². The molecule has 5 nitrogen and oxygen atoms in total. The van der Waals surface area contributed by atoms with Crippen LogP contribution in [0.3, 0.4) is 0 Å². The van der Waals surface area contributed by atoms with Crippen molar-refractivity contribution in [2.24, 2.45) is 0 Å². The van der Waals surface area contributed by atoms with E-state index in [2.05, 4.69) is 0 Å². The molecule has 0 rings (SSSR count). The predicted molar refractivity (Wildman–Crippen MR) is 13.1 cm³/mol. The Labute approximate surface area is 59.2 Å². The average molecular weight is 306 g/mol. The molecule has 45 valence electrons. The van der Waals surface area contributed by atoms with Crippen LogP contribution in [-0.4, -0.2) is 19.0 Å². The van der Waals surface area contributed by atoms with Gasteiger partial charge in [0.15, 0.2) is 0 Å². The number of quaternary nitrogens is 1. The molecule has 0 heterocycles. The molecular weight excluding hydrogens is 302 g/mol. The quantitative estimate of drug-likeness (QED) is 0.493. The molecule has 7 heavy (non-hydrogen) atoms. The molecule has 0 aromatic heterocycles. The van der Waals surface area contributed by atoms with E-state index in [4.69, 9.17) is 13.2 Å². The van der Waals surface area contributed by atoms with Gasteiger partial charge in [0, 0.05) is 0 Å². The van der Waals surface area contributed by atoms with Gasteiger partial charge in [-0.1, -0.05) is 0 Å². The van der Waals surface area contributed by atoms with Crippen LogP contribution in [0.2, 0.25) is 0 Å². The minimum Gasteiger partial charge on any atom is -0.369 e. The summed E-state index contributed by atoms with van der Waals surface area (Å²) >= 11 is -6.02. The molecule has 0 aliphatic heterocycles. The first-order valence-electron chi connectivity index (χ1n) is 0.667. The molecule has 1 radical (unpaired) electrons. The zero-order chi connectivity index (χ0) is 4.50. The normalized spacial score (nSPS) is 8.29. The summed E-state index contributed by atoms with van der Waals surface area (Å²) in [5, 5.41) is 0. The smallest absolute Gasteiger partial charge is 0.369 e. The van der Waals surface area contributed by atoms with E-state index in [1.807, 2.05) is 0 Å². The fraction of sp³-hybridized carbons (Fsp3) is 0. The predicted octanol–water partition coefficient (Wildman–Crippen LogP) is -2.62. The van der Waals surface area contributed by atoms with Crippen LogP contribution in [0.5, 0.6) is 0 Å². The van der Waals surface area contributed by atoms with Gasteiger partial charge in [-0.25, -0.2) is 0 Å². The van der Waals surface area contributed by atoms with E-state index >= 15 is 0 Å². The largest absolute Gasteiger partial charge is 1.00 e. The first-order chi connectivity index (χ1) is 2.00. The molecule has 0 saturated heterocycles. The van der Waals surface area contributed by atoms with Crippen molar-refractivity contribution in [2.45, 2.75) is 0 Å². The zero-order valence-corrected chi connectivity index (χ0v) is 7.79. The first-order valence-corrected chi connectivity index (χ1v) is 4.47. The SMILES string of the molecule is O=[Te](=O)([O-])[O-].[Mo+].[NH4+]. The van der Waals surface area contributed by atoms with E-state index < -0.39 is 19.0 Å². The maximum Gasteiger partial charge on any atom is 1.00 e. The van der Waals surface area contributed by atoms with Gasteiger partial charge >= 0.3 is 53.2 Å². The Bertz CT molecular complexity index is 94.9. The third kappa shape index (κ3) is 186. The summed E-state index contributed by atoms with van der Waals surface area (Å²) in [6.07, 6.45) is 0. The van der Waals surface area contributed by atoms with Crippen molar-refractivity contribution in [1.29, 1.82) is 0 Å². The molecule has 0 aliphatic carbocycles. The Hall–Kier alpha value is 0.958. The molecule has 0 fully saturated rings. The van der Waals surface area contributed by atoms with E-state index in [1.165, 1.54) is 0 Å². The van der Waals surface area contributed by atoms with Crippen molar-refractivity contribution in [3.63, 3.8) is 0 Å². The molecule has 0 atom stereocenters. The van der Waals surface area contributed by atoms with Crippen LogP contribution in [0.1, 0.15) is 0 Å². The molecule has 4 N–H and O–H groups in total. The van der Waals surface area contributed by atoms with Crippen molar-refractivity contribution >= 4 is 19.0 Å². The molecule has 0 aliphatic rings. The maximum atomic E-state index is 8.63. The number of hydrogen-bond acceptors (Lipinski definition) is 4. The van der Waals surface area contributed by atoms with Gasteiger partial charge in [0.25, 0.3) is 0 Å². The van der Waals surface area contributed by atoms with E-state index in [-0.39, 0.29) is 27.2 Å². The summed E-state index contributed by atoms with van der Waals surface area (Å²) < 4.78 is 34.5. The van der Waals surface area contributed by atoms with Gasteiger partial charge in [0.2, 0.25) is 0 Å². The van der Waals surface area contributed by atoms with E-state index in [9.17, 15) is 0 Å². The van der Waals surface area contributed by atoms with Gasteiger partial charge in [0.1, 0.15) is 0 Å². The van der Waals surface area contributed by atoms with Crippen molar-refractivity contribution in [3.05, 3.63) is 0 Å². The van der Waals surface area contributed by atoms with E-state index in [0.29, 0.717) is 0 Å². The Morgan fingerprint density at radius 2 is 1.14 bits per heavy atom. The molecule has 0 saturated carbocycles. The third-order valence-electron chi connectivity index (χ3n) is 0. The van der Waals surface area contributed by atoms with Crippen molar-refractivity contribution < 1.29 is 34.2 Å². The summed E-state index contributed by atoms with van der Waals surface area (Å²) in [6.45, 7) is 0.